The van der Waals surface area contributed by atoms with E-state index in [4.69, 9.17) is 9.72 Å². The largest absolute Gasteiger partial charge is 0.480 e. The van der Waals surface area contributed by atoms with Crippen LogP contribution in [0.25, 0.3) is 10.9 Å². The molecule has 35 heavy (non-hydrogen) atoms. The number of hydrogen-bond donors (Lipinski definition) is 3. The number of ether oxygens (including phenoxy) is 1. The van der Waals surface area contributed by atoms with E-state index in [9.17, 15) is 14.3 Å². The van der Waals surface area contributed by atoms with Crippen LogP contribution in [0.15, 0.2) is 36.7 Å². The van der Waals surface area contributed by atoms with Gasteiger partial charge in [-0.3, -0.25) is 0 Å². The zero-order chi connectivity index (χ0) is 24.2. The third kappa shape index (κ3) is 5.51. The minimum absolute atomic E-state index is 0.160. The molecule has 3 N–H and O–H groups in total. The lowest BCUT2D eigenvalue weighted by molar-refractivity contribution is -0.138. The summed E-state index contributed by atoms with van der Waals surface area (Å²) in [7, 11) is 0. The molecule has 1 unspecified atom stereocenters. The zero-order valence-corrected chi connectivity index (χ0v) is 19.5. The summed E-state index contributed by atoms with van der Waals surface area (Å²) in [4.78, 5) is 24.6. The van der Waals surface area contributed by atoms with Crippen molar-refractivity contribution in [3.63, 3.8) is 0 Å². The summed E-state index contributed by atoms with van der Waals surface area (Å²) in [6.45, 7) is 1.33. The van der Waals surface area contributed by atoms with Gasteiger partial charge in [0.2, 0.25) is 0 Å². The van der Waals surface area contributed by atoms with Crippen LogP contribution >= 0.6 is 0 Å². The van der Waals surface area contributed by atoms with Crippen molar-refractivity contribution >= 4 is 28.5 Å². The van der Waals surface area contributed by atoms with E-state index < -0.39 is 17.8 Å². The van der Waals surface area contributed by atoms with Gasteiger partial charge in [-0.05, 0) is 68.2 Å². The molecule has 1 aliphatic carbocycles. The van der Waals surface area contributed by atoms with E-state index in [1.54, 1.807) is 12.1 Å². The Balaban J connectivity index is 1.06. The topological polar surface area (TPSA) is 109 Å². The SMILES string of the molecule is O=C(O)C(CCO[C@H]1C[C@H](CCc2ccc3c(n2)NCCC3)C1)Nc1ncnc2c(F)cccc12. The number of nitrogens with zero attached hydrogens (tertiary/aromatic N) is 3. The minimum Gasteiger partial charge on any atom is -0.480 e. The molecule has 184 valence electrons. The van der Waals surface area contributed by atoms with E-state index in [2.05, 4.69) is 32.7 Å². The van der Waals surface area contributed by atoms with Crippen molar-refractivity contribution in [1.82, 2.24) is 15.0 Å². The van der Waals surface area contributed by atoms with Gasteiger partial charge >= 0.3 is 5.97 Å². The number of hydrogen-bond acceptors (Lipinski definition) is 7. The first kappa shape index (κ1) is 23.4. The molecule has 1 atom stereocenters. The third-order valence-corrected chi connectivity index (χ3v) is 6.94. The summed E-state index contributed by atoms with van der Waals surface area (Å²) >= 11 is 0. The number of nitrogens with one attached hydrogen (secondary N) is 2. The van der Waals surface area contributed by atoms with Crippen molar-refractivity contribution < 1.29 is 19.0 Å². The molecule has 1 saturated carbocycles. The molecule has 0 bridgehead atoms. The third-order valence-electron chi connectivity index (χ3n) is 6.94. The predicted octanol–water partition coefficient (Wildman–Crippen LogP) is 4.21. The highest BCUT2D eigenvalue weighted by molar-refractivity contribution is 5.90. The Morgan fingerprint density at radius 3 is 3.00 bits per heavy atom. The Hall–Kier alpha value is -3.33. The summed E-state index contributed by atoms with van der Waals surface area (Å²) < 4.78 is 19.9. The van der Waals surface area contributed by atoms with Crippen LogP contribution in [0.5, 0.6) is 0 Å². The van der Waals surface area contributed by atoms with Crippen LogP contribution < -0.4 is 10.6 Å². The van der Waals surface area contributed by atoms with Gasteiger partial charge in [0.1, 0.15) is 35.3 Å². The van der Waals surface area contributed by atoms with Crippen LogP contribution in [0.1, 0.15) is 43.4 Å². The number of benzene rings is 1. The van der Waals surface area contributed by atoms with Crippen LogP contribution in [0.3, 0.4) is 0 Å². The highest BCUT2D eigenvalue weighted by Crippen LogP contribution is 2.34. The van der Waals surface area contributed by atoms with Gasteiger partial charge in [0.25, 0.3) is 0 Å². The number of carbonyl (C=O) groups is 1. The van der Waals surface area contributed by atoms with Crippen LogP contribution in [0, 0.1) is 11.7 Å². The lowest BCUT2D eigenvalue weighted by atomic mass is 9.79. The summed E-state index contributed by atoms with van der Waals surface area (Å²) in [5, 5.41) is 16.4. The Bertz CT molecular complexity index is 1200. The van der Waals surface area contributed by atoms with Gasteiger partial charge in [-0.15, -0.1) is 0 Å². The molecule has 9 heteroatoms. The van der Waals surface area contributed by atoms with Crippen molar-refractivity contribution in [3.8, 4) is 0 Å². The molecule has 1 fully saturated rings. The molecule has 3 aromatic rings. The first-order valence-electron chi connectivity index (χ1n) is 12.3. The Morgan fingerprint density at radius 2 is 2.14 bits per heavy atom. The maximum Gasteiger partial charge on any atom is 0.326 e. The fourth-order valence-electron chi connectivity index (χ4n) is 4.85. The number of pyridine rings is 1. The number of carboxylic acid groups (broad SMARTS) is 1. The number of aryl methyl sites for hydroxylation is 2. The molecule has 0 amide bonds. The van der Waals surface area contributed by atoms with Crippen LogP contribution in [0.4, 0.5) is 16.0 Å². The number of anilines is 2. The van der Waals surface area contributed by atoms with Gasteiger partial charge in [-0.25, -0.2) is 24.1 Å². The Labute approximate surface area is 203 Å². The molecule has 1 aliphatic heterocycles. The molecule has 2 aliphatic rings. The fourth-order valence-corrected chi connectivity index (χ4v) is 4.85. The first-order chi connectivity index (χ1) is 17.1. The van der Waals surface area contributed by atoms with E-state index in [-0.39, 0.29) is 18.0 Å². The van der Waals surface area contributed by atoms with Crippen molar-refractivity contribution in [3.05, 3.63) is 53.7 Å². The maximum absolute atomic E-state index is 14.0. The van der Waals surface area contributed by atoms with Gasteiger partial charge in [0, 0.05) is 30.7 Å². The van der Waals surface area contributed by atoms with Gasteiger partial charge < -0.3 is 20.5 Å². The zero-order valence-electron chi connectivity index (χ0n) is 19.5. The van der Waals surface area contributed by atoms with Gasteiger partial charge in [-0.1, -0.05) is 12.1 Å². The highest BCUT2D eigenvalue weighted by Gasteiger charge is 2.30. The van der Waals surface area contributed by atoms with E-state index in [1.165, 1.54) is 18.0 Å². The van der Waals surface area contributed by atoms with E-state index in [0.29, 0.717) is 23.7 Å². The average molecular weight is 480 g/mol. The molecule has 1 aromatic carbocycles. The van der Waals surface area contributed by atoms with E-state index in [1.807, 2.05) is 0 Å². The van der Waals surface area contributed by atoms with Crippen molar-refractivity contribution in [2.24, 2.45) is 5.92 Å². The van der Waals surface area contributed by atoms with Gasteiger partial charge in [0.05, 0.1) is 6.10 Å². The number of aliphatic carboxylic acids is 1. The van der Waals surface area contributed by atoms with Crippen molar-refractivity contribution in [1.29, 1.82) is 0 Å². The predicted molar refractivity (Wildman–Crippen MR) is 131 cm³/mol. The van der Waals surface area contributed by atoms with Gasteiger partial charge in [0.15, 0.2) is 0 Å². The second kappa shape index (κ2) is 10.5. The second-order valence-electron chi connectivity index (χ2n) is 9.39. The molecule has 8 nitrogen and oxygen atoms in total. The molecule has 3 heterocycles. The molecular weight excluding hydrogens is 449 g/mol. The Kier molecular flexibility index (Phi) is 7.03. The van der Waals surface area contributed by atoms with Crippen LogP contribution in [-0.4, -0.2) is 51.3 Å². The normalized spacial score (nSPS) is 19.9. The second-order valence-corrected chi connectivity index (χ2v) is 9.39. The summed E-state index contributed by atoms with van der Waals surface area (Å²) in [6, 6.07) is 7.98. The number of rotatable bonds is 10. The Morgan fingerprint density at radius 1 is 1.26 bits per heavy atom. The quantitative estimate of drug-likeness (QED) is 0.397. The number of aromatic nitrogens is 3. The number of fused-ring (bicyclic) bond motifs is 2. The first-order valence-corrected chi connectivity index (χ1v) is 12.3. The monoisotopic (exact) mass is 479 g/mol. The fraction of sp³-hybridized carbons (Fsp3) is 0.462. The minimum atomic E-state index is -1.00. The lowest BCUT2D eigenvalue weighted by Gasteiger charge is -2.35. The summed E-state index contributed by atoms with van der Waals surface area (Å²) in [6.07, 6.45) is 7.97. The van der Waals surface area contributed by atoms with Crippen molar-refractivity contribution in [2.45, 2.75) is 57.1 Å². The molecule has 0 spiro atoms. The van der Waals surface area contributed by atoms with E-state index >= 15 is 0 Å². The summed E-state index contributed by atoms with van der Waals surface area (Å²) in [5.74, 6) is 0.486. The van der Waals surface area contributed by atoms with E-state index in [0.717, 1.165) is 56.6 Å². The molecule has 0 radical (unpaired) electrons. The smallest absolute Gasteiger partial charge is 0.326 e. The maximum atomic E-state index is 14.0. The molecular formula is C26H30FN5O3. The molecule has 2 aromatic heterocycles. The number of para-hydroxylation sites is 1. The molecule has 0 saturated heterocycles. The molecule has 5 rings (SSSR count). The lowest BCUT2D eigenvalue weighted by Crippen LogP contribution is -2.35. The van der Waals surface area contributed by atoms with Crippen LogP contribution in [0.2, 0.25) is 0 Å². The standard InChI is InChI=1S/C26H30FN5O3/c27-21-5-1-4-20-23(21)29-15-30-25(20)32-22(26(33)34)10-12-35-19-13-16(14-19)6-8-18-9-7-17-3-2-11-28-24(17)31-18/h1,4-5,7,9,15-16,19,22H,2-3,6,8,10-14H2,(H,28,31)(H,33,34)(H,29,30,32)/t16-,19-,22?. The highest BCUT2D eigenvalue weighted by atomic mass is 19.1. The van der Waals surface area contributed by atoms with Crippen LogP contribution in [-0.2, 0) is 22.4 Å². The number of halogens is 1. The number of carboxylic acids is 1. The summed E-state index contributed by atoms with van der Waals surface area (Å²) in [5.41, 5.74) is 2.61. The van der Waals surface area contributed by atoms with Gasteiger partial charge in [-0.2, -0.15) is 0 Å². The average Bonchev–Trinajstić information content (AvgIpc) is 2.84. The van der Waals surface area contributed by atoms with Crippen molar-refractivity contribution in [2.75, 3.05) is 23.8 Å².